The predicted octanol–water partition coefficient (Wildman–Crippen LogP) is 3.16. The van der Waals surface area contributed by atoms with Crippen LogP contribution < -0.4 is 10.6 Å². The molecule has 0 aliphatic heterocycles. The third-order valence-electron chi connectivity index (χ3n) is 4.78. The van der Waals surface area contributed by atoms with E-state index >= 15 is 0 Å². The monoisotopic (exact) mass is 397 g/mol. The van der Waals surface area contributed by atoms with Gasteiger partial charge in [0.15, 0.2) is 0 Å². The van der Waals surface area contributed by atoms with Crippen molar-refractivity contribution in [1.29, 1.82) is 0 Å². The Morgan fingerprint density at radius 1 is 1.46 bits per heavy atom. The average Bonchev–Trinajstić information content (AvgIpc) is 3.07. The summed E-state index contributed by atoms with van der Waals surface area (Å²) in [6.45, 7) is 0.384. The molecule has 7 heteroatoms. The Morgan fingerprint density at radius 3 is 3.04 bits per heavy atom. The Hall–Kier alpha value is -2.85. The molecule has 2 aromatic rings. The number of rotatable bonds is 6. The molecule has 2 heterocycles. The van der Waals surface area contributed by atoms with E-state index < -0.39 is 6.09 Å². The normalized spacial score (nSPS) is 15.2. The number of fused-ring (bicyclic) bond motifs is 1. The first-order chi connectivity index (χ1) is 13.6. The summed E-state index contributed by atoms with van der Waals surface area (Å²) in [7, 11) is 1.54. The van der Waals surface area contributed by atoms with Gasteiger partial charge >= 0.3 is 6.09 Å². The van der Waals surface area contributed by atoms with Crippen LogP contribution in [0.3, 0.4) is 0 Å². The summed E-state index contributed by atoms with van der Waals surface area (Å²) >= 11 is 1.54. The van der Waals surface area contributed by atoms with Gasteiger partial charge in [0.2, 0.25) is 5.91 Å². The third-order valence-corrected chi connectivity index (χ3v) is 5.95. The summed E-state index contributed by atoms with van der Waals surface area (Å²) in [6, 6.07) is 3.82. The van der Waals surface area contributed by atoms with Gasteiger partial charge in [-0.25, -0.2) is 4.79 Å². The van der Waals surface area contributed by atoms with E-state index in [2.05, 4.69) is 21.5 Å². The van der Waals surface area contributed by atoms with Crippen LogP contribution in [0.2, 0.25) is 0 Å². The molecule has 0 radical (unpaired) electrons. The van der Waals surface area contributed by atoms with E-state index in [9.17, 15) is 9.59 Å². The number of aromatic nitrogens is 1. The number of nitrogens with zero attached hydrogens (tertiary/aromatic N) is 1. The second-order valence-electron chi connectivity index (χ2n) is 6.72. The third kappa shape index (κ3) is 4.90. The number of aryl methyl sites for hydroxylation is 1. The Labute approximate surface area is 168 Å². The van der Waals surface area contributed by atoms with Crippen molar-refractivity contribution in [2.24, 2.45) is 5.92 Å². The number of nitrogens with one attached hydrogen (secondary N) is 2. The molecule has 0 saturated heterocycles. The molecule has 0 fully saturated rings. The lowest BCUT2D eigenvalue weighted by molar-refractivity contribution is -0.116. The van der Waals surface area contributed by atoms with Crippen LogP contribution in [-0.4, -0.2) is 30.6 Å². The number of anilines is 1. The number of ether oxygens (including phenoxy) is 1. The summed E-state index contributed by atoms with van der Waals surface area (Å²) in [5.41, 5.74) is 2.96. The number of thiophene rings is 1. The van der Waals surface area contributed by atoms with Crippen molar-refractivity contribution in [3.63, 3.8) is 0 Å². The summed E-state index contributed by atoms with van der Waals surface area (Å²) in [5.74, 6) is 2.96. The molecular formula is C21H23N3O3S. The van der Waals surface area contributed by atoms with Crippen molar-refractivity contribution in [3.05, 3.63) is 46.1 Å². The van der Waals surface area contributed by atoms with E-state index in [1.807, 2.05) is 12.1 Å². The van der Waals surface area contributed by atoms with Gasteiger partial charge in [0.25, 0.3) is 0 Å². The van der Waals surface area contributed by atoms with Crippen LogP contribution >= 0.6 is 11.3 Å². The van der Waals surface area contributed by atoms with Crippen molar-refractivity contribution in [3.8, 4) is 12.3 Å². The molecule has 6 nitrogen and oxygen atoms in total. The molecule has 2 amide bonds. The molecule has 0 aromatic carbocycles. The molecule has 0 bridgehead atoms. The van der Waals surface area contributed by atoms with Crippen molar-refractivity contribution in [2.45, 2.75) is 32.1 Å². The highest BCUT2D eigenvalue weighted by atomic mass is 32.1. The lowest BCUT2D eigenvalue weighted by Gasteiger charge is -2.21. The second kappa shape index (κ2) is 9.38. The lowest BCUT2D eigenvalue weighted by Crippen LogP contribution is -2.25. The number of pyridine rings is 1. The number of hydrogen-bond donors (Lipinski definition) is 2. The first-order valence-electron chi connectivity index (χ1n) is 9.25. The zero-order valence-corrected chi connectivity index (χ0v) is 16.6. The van der Waals surface area contributed by atoms with Crippen molar-refractivity contribution < 1.29 is 14.3 Å². The van der Waals surface area contributed by atoms with E-state index in [4.69, 9.17) is 11.2 Å². The molecule has 146 valence electrons. The molecule has 0 spiro atoms. The number of hydrogen-bond acceptors (Lipinski definition) is 5. The van der Waals surface area contributed by atoms with Crippen molar-refractivity contribution >= 4 is 28.3 Å². The molecule has 28 heavy (non-hydrogen) atoms. The molecule has 3 rings (SSSR count). The lowest BCUT2D eigenvalue weighted by atomic mass is 9.88. The van der Waals surface area contributed by atoms with Crippen LogP contribution in [0.4, 0.5) is 9.80 Å². The van der Waals surface area contributed by atoms with Gasteiger partial charge in [0.05, 0.1) is 12.2 Å². The smallest absolute Gasteiger partial charge is 0.406 e. The van der Waals surface area contributed by atoms with Gasteiger partial charge in [-0.1, -0.05) is 12.0 Å². The molecule has 1 atom stereocenters. The van der Waals surface area contributed by atoms with Gasteiger partial charge in [0, 0.05) is 30.7 Å². The fourth-order valence-electron chi connectivity index (χ4n) is 3.30. The molecule has 1 unspecified atom stereocenters. The highest BCUT2D eigenvalue weighted by Gasteiger charge is 2.26. The Morgan fingerprint density at radius 2 is 2.32 bits per heavy atom. The first-order valence-corrected chi connectivity index (χ1v) is 10.1. The fourth-order valence-corrected chi connectivity index (χ4v) is 4.64. The molecule has 1 aliphatic rings. The van der Waals surface area contributed by atoms with Gasteiger partial charge in [-0.05, 0) is 48.8 Å². The molecule has 0 saturated carbocycles. The Kier molecular flexibility index (Phi) is 6.66. The first kappa shape index (κ1) is 19.9. The molecule has 2 N–H and O–H groups in total. The van der Waals surface area contributed by atoms with Gasteiger partial charge in [-0.3, -0.25) is 9.78 Å². The van der Waals surface area contributed by atoms with Crippen LogP contribution in [0, 0.1) is 18.3 Å². The number of terminal acetylenes is 1. The van der Waals surface area contributed by atoms with E-state index in [0.717, 1.165) is 41.0 Å². The molecule has 1 aliphatic carbocycles. The van der Waals surface area contributed by atoms with Crippen LogP contribution in [0.1, 0.15) is 34.4 Å². The SMILES string of the molecule is C#Cc1c(NC(=O)CCc2cccnc2)sc2c1CCC(COC(=O)NC)C2. The zero-order valence-electron chi connectivity index (χ0n) is 15.8. The minimum atomic E-state index is -0.414. The summed E-state index contributed by atoms with van der Waals surface area (Å²) < 4.78 is 5.19. The van der Waals surface area contributed by atoms with Gasteiger partial charge in [0.1, 0.15) is 5.00 Å². The van der Waals surface area contributed by atoms with Gasteiger partial charge in [-0.15, -0.1) is 17.8 Å². The summed E-state index contributed by atoms with van der Waals surface area (Å²) in [4.78, 5) is 28.9. The standard InChI is InChI=1S/C21H23N3O3S/c1-3-16-17-8-6-15(13-27-21(26)22-2)11-18(17)28-20(16)24-19(25)9-7-14-5-4-10-23-12-14/h1,4-5,10,12,15H,6-9,11,13H2,2H3,(H,22,26)(H,24,25). The fraction of sp³-hybridized carbons (Fsp3) is 0.381. The minimum Gasteiger partial charge on any atom is -0.449 e. The van der Waals surface area contributed by atoms with E-state index in [0.29, 0.717) is 19.4 Å². The van der Waals surface area contributed by atoms with E-state index in [1.165, 1.54) is 16.2 Å². The number of carbonyl (C=O) groups excluding carboxylic acids is 2. The Balaban J connectivity index is 1.62. The topological polar surface area (TPSA) is 80.3 Å². The summed E-state index contributed by atoms with van der Waals surface area (Å²) in [6.07, 6.45) is 12.4. The largest absolute Gasteiger partial charge is 0.449 e. The minimum absolute atomic E-state index is 0.0570. The maximum absolute atomic E-state index is 12.4. The van der Waals surface area contributed by atoms with Crippen molar-refractivity contribution in [1.82, 2.24) is 10.3 Å². The zero-order chi connectivity index (χ0) is 19.9. The van der Waals surface area contributed by atoms with Crippen molar-refractivity contribution in [2.75, 3.05) is 19.0 Å². The quantitative estimate of drug-likeness (QED) is 0.734. The average molecular weight is 398 g/mol. The molecule has 2 aromatic heterocycles. The predicted molar refractivity (Wildman–Crippen MR) is 109 cm³/mol. The second-order valence-corrected chi connectivity index (χ2v) is 7.82. The number of alkyl carbamates (subject to hydrolysis) is 1. The molecular weight excluding hydrogens is 374 g/mol. The van der Waals surface area contributed by atoms with Crippen LogP contribution in [0.25, 0.3) is 0 Å². The van der Waals surface area contributed by atoms with E-state index in [1.54, 1.807) is 19.4 Å². The van der Waals surface area contributed by atoms with Crippen LogP contribution in [0.15, 0.2) is 24.5 Å². The van der Waals surface area contributed by atoms with Gasteiger partial charge in [-0.2, -0.15) is 0 Å². The highest BCUT2D eigenvalue weighted by molar-refractivity contribution is 7.16. The highest BCUT2D eigenvalue weighted by Crippen LogP contribution is 2.39. The Bertz CT molecular complexity index is 886. The van der Waals surface area contributed by atoms with Gasteiger partial charge < -0.3 is 15.4 Å². The van der Waals surface area contributed by atoms with Crippen LogP contribution in [0.5, 0.6) is 0 Å². The maximum atomic E-state index is 12.4. The maximum Gasteiger partial charge on any atom is 0.406 e. The summed E-state index contributed by atoms with van der Waals surface area (Å²) in [5, 5.41) is 6.19. The number of amides is 2. The van der Waals surface area contributed by atoms with E-state index in [-0.39, 0.29) is 11.8 Å². The van der Waals surface area contributed by atoms with Crippen LogP contribution in [-0.2, 0) is 28.8 Å². The number of carbonyl (C=O) groups is 2.